The van der Waals surface area contributed by atoms with Crippen LogP contribution in [0.3, 0.4) is 0 Å². The Bertz CT molecular complexity index is 668. The Balaban J connectivity index is 2.30. The molecule has 0 unspecified atom stereocenters. The highest BCUT2D eigenvalue weighted by Crippen LogP contribution is 2.14. The molecule has 0 bridgehead atoms. The van der Waals surface area contributed by atoms with Gasteiger partial charge in [-0.25, -0.2) is 9.07 Å². The largest absolute Gasteiger partial charge is 0.398 e. The summed E-state index contributed by atoms with van der Waals surface area (Å²) < 4.78 is 14.5. The molecule has 0 aliphatic rings. The van der Waals surface area contributed by atoms with Gasteiger partial charge in [0.1, 0.15) is 5.82 Å². The Hall–Kier alpha value is -2.37. The molecule has 2 rings (SSSR count). The summed E-state index contributed by atoms with van der Waals surface area (Å²) in [7, 11) is 1.88. The lowest BCUT2D eigenvalue weighted by Gasteiger charge is -2.16. The molecule has 1 aromatic heterocycles. The number of halogens is 1. The number of hydrogen-bond acceptors (Lipinski definition) is 4. The maximum atomic E-state index is 13.2. The van der Waals surface area contributed by atoms with Crippen LogP contribution in [0.4, 0.5) is 15.8 Å². The van der Waals surface area contributed by atoms with Gasteiger partial charge in [0.05, 0.1) is 18.4 Å². The first kappa shape index (κ1) is 14.0. The Morgan fingerprint density at radius 1 is 1.40 bits per heavy atom. The number of nitrogens with two attached hydrogens (primary N) is 1. The lowest BCUT2D eigenvalue weighted by atomic mass is 10.2. The van der Waals surface area contributed by atoms with E-state index < -0.39 is 0 Å². The van der Waals surface area contributed by atoms with Crippen molar-refractivity contribution in [2.75, 3.05) is 24.2 Å². The normalized spacial score (nSPS) is 10.6. The Labute approximate surface area is 116 Å². The molecule has 1 aromatic carbocycles. The van der Waals surface area contributed by atoms with E-state index in [4.69, 9.17) is 5.73 Å². The van der Waals surface area contributed by atoms with Crippen LogP contribution in [0.2, 0.25) is 0 Å². The van der Waals surface area contributed by atoms with Gasteiger partial charge in [-0.3, -0.25) is 4.79 Å². The third-order valence-electron chi connectivity index (χ3n) is 3.20. The average molecular weight is 276 g/mol. The van der Waals surface area contributed by atoms with Gasteiger partial charge in [0.2, 0.25) is 0 Å². The molecule has 0 aliphatic carbocycles. The average Bonchev–Trinajstić information content (AvgIpc) is 2.44. The van der Waals surface area contributed by atoms with E-state index in [1.807, 2.05) is 18.9 Å². The first-order valence-electron chi connectivity index (χ1n) is 6.33. The zero-order valence-electron chi connectivity index (χ0n) is 11.5. The molecule has 1 heterocycles. The second-order valence-corrected chi connectivity index (χ2v) is 4.57. The fourth-order valence-electron chi connectivity index (χ4n) is 1.81. The lowest BCUT2D eigenvalue weighted by molar-refractivity contribution is 0.611. The van der Waals surface area contributed by atoms with Gasteiger partial charge in [0, 0.05) is 25.3 Å². The molecule has 0 radical (unpaired) electrons. The number of benzene rings is 1. The van der Waals surface area contributed by atoms with Gasteiger partial charge in [-0.15, -0.1) is 0 Å². The third kappa shape index (κ3) is 2.96. The van der Waals surface area contributed by atoms with Crippen LogP contribution in [-0.2, 0) is 6.54 Å². The van der Waals surface area contributed by atoms with E-state index in [-0.39, 0.29) is 17.9 Å². The molecular formula is C14H17FN4O. The standard InChI is InChI=1S/C14H17FN4O/c1-3-18(2)12-7-14(20)19(17-8-12)9-10-6-11(15)4-5-13(10)16/h4-8H,3,9,16H2,1-2H3. The first-order chi connectivity index (χ1) is 9.51. The lowest BCUT2D eigenvalue weighted by Crippen LogP contribution is -2.26. The highest BCUT2D eigenvalue weighted by Gasteiger charge is 2.07. The van der Waals surface area contributed by atoms with Crippen molar-refractivity contribution < 1.29 is 4.39 Å². The first-order valence-corrected chi connectivity index (χ1v) is 6.33. The van der Waals surface area contributed by atoms with Crippen molar-refractivity contribution in [3.05, 3.63) is 52.2 Å². The molecule has 0 atom stereocenters. The molecule has 5 nitrogen and oxygen atoms in total. The molecule has 0 amide bonds. The quantitative estimate of drug-likeness (QED) is 0.859. The molecule has 2 aromatic rings. The molecule has 106 valence electrons. The number of aromatic nitrogens is 2. The van der Waals surface area contributed by atoms with E-state index in [0.29, 0.717) is 11.3 Å². The minimum absolute atomic E-state index is 0.151. The zero-order chi connectivity index (χ0) is 14.7. The van der Waals surface area contributed by atoms with Gasteiger partial charge >= 0.3 is 0 Å². The SMILES string of the molecule is CCN(C)c1cnn(Cc2cc(F)ccc2N)c(=O)c1. The minimum Gasteiger partial charge on any atom is -0.398 e. The fraction of sp³-hybridized carbons (Fsp3) is 0.286. The van der Waals surface area contributed by atoms with Crippen molar-refractivity contribution in [3.8, 4) is 0 Å². The molecule has 0 saturated carbocycles. The fourth-order valence-corrected chi connectivity index (χ4v) is 1.81. The predicted octanol–water partition coefficient (Wildman–Crippen LogP) is 1.47. The van der Waals surface area contributed by atoms with E-state index in [0.717, 1.165) is 12.2 Å². The third-order valence-corrected chi connectivity index (χ3v) is 3.20. The van der Waals surface area contributed by atoms with Crippen LogP contribution in [0.1, 0.15) is 12.5 Å². The van der Waals surface area contributed by atoms with Crippen LogP contribution >= 0.6 is 0 Å². The number of nitrogen functional groups attached to an aromatic ring is 1. The molecule has 0 fully saturated rings. The van der Waals surface area contributed by atoms with E-state index in [1.165, 1.54) is 28.9 Å². The summed E-state index contributed by atoms with van der Waals surface area (Å²) in [6, 6.07) is 5.59. The van der Waals surface area contributed by atoms with Crippen LogP contribution in [0, 0.1) is 5.82 Å². The van der Waals surface area contributed by atoms with Crippen LogP contribution in [0.25, 0.3) is 0 Å². The van der Waals surface area contributed by atoms with Crippen molar-refractivity contribution in [3.63, 3.8) is 0 Å². The topological polar surface area (TPSA) is 64.2 Å². The second-order valence-electron chi connectivity index (χ2n) is 4.57. The van der Waals surface area contributed by atoms with Gasteiger partial charge in [-0.2, -0.15) is 5.10 Å². The molecule has 6 heteroatoms. The Morgan fingerprint density at radius 2 is 2.15 bits per heavy atom. The summed E-state index contributed by atoms with van der Waals surface area (Å²) in [5.74, 6) is -0.385. The van der Waals surface area contributed by atoms with Crippen LogP contribution < -0.4 is 16.2 Å². The summed E-state index contributed by atoms with van der Waals surface area (Å²) in [6.07, 6.45) is 1.61. The summed E-state index contributed by atoms with van der Waals surface area (Å²) >= 11 is 0. The van der Waals surface area contributed by atoms with E-state index >= 15 is 0 Å². The van der Waals surface area contributed by atoms with Gasteiger partial charge < -0.3 is 10.6 Å². The van der Waals surface area contributed by atoms with Crippen molar-refractivity contribution in [2.24, 2.45) is 0 Å². The monoisotopic (exact) mass is 276 g/mol. The van der Waals surface area contributed by atoms with E-state index in [2.05, 4.69) is 5.10 Å². The van der Waals surface area contributed by atoms with Crippen LogP contribution in [0.15, 0.2) is 35.3 Å². The van der Waals surface area contributed by atoms with Crippen LogP contribution in [-0.4, -0.2) is 23.4 Å². The van der Waals surface area contributed by atoms with Gasteiger partial charge in [0.15, 0.2) is 0 Å². The molecular weight excluding hydrogens is 259 g/mol. The summed E-state index contributed by atoms with van der Waals surface area (Å²) in [5.41, 5.74) is 7.25. The van der Waals surface area contributed by atoms with Gasteiger partial charge in [0.25, 0.3) is 5.56 Å². The van der Waals surface area contributed by atoms with E-state index in [1.54, 1.807) is 6.20 Å². The number of hydrogen-bond donors (Lipinski definition) is 1. The van der Waals surface area contributed by atoms with Gasteiger partial charge in [-0.05, 0) is 30.7 Å². The maximum absolute atomic E-state index is 13.2. The smallest absolute Gasteiger partial charge is 0.269 e. The highest BCUT2D eigenvalue weighted by atomic mass is 19.1. The summed E-state index contributed by atoms with van der Waals surface area (Å²) in [5, 5.41) is 4.10. The van der Waals surface area contributed by atoms with Crippen molar-refractivity contribution in [1.82, 2.24) is 9.78 Å². The van der Waals surface area contributed by atoms with Crippen molar-refractivity contribution in [1.29, 1.82) is 0 Å². The minimum atomic E-state index is -0.385. The Kier molecular flexibility index (Phi) is 4.02. The molecule has 2 N–H and O–H groups in total. The number of rotatable bonds is 4. The molecule has 0 saturated heterocycles. The molecule has 0 aliphatic heterocycles. The Morgan fingerprint density at radius 3 is 2.80 bits per heavy atom. The molecule has 0 spiro atoms. The van der Waals surface area contributed by atoms with Crippen LogP contribution in [0.5, 0.6) is 0 Å². The maximum Gasteiger partial charge on any atom is 0.269 e. The summed E-state index contributed by atoms with van der Waals surface area (Å²) in [6.45, 7) is 2.92. The number of nitrogens with zero attached hydrogens (tertiary/aromatic N) is 3. The van der Waals surface area contributed by atoms with Crippen molar-refractivity contribution >= 4 is 11.4 Å². The van der Waals surface area contributed by atoms with Gasteiger partial charge in [-0.1, -0.05) is 0 Å². The summed E-state index contributed by atoms with van der Waals surface area (Å²) in [4.78, 5) is 13.9. The predicted molar refractivity (Wildman–Crippen MR) is 77.4 cm³/mol. The van der Waals surface area contributed by atoms with Crippen molar-refractivity contribution in [2.45, 2.75) is 13.5 Å². The second kappa shape index (κ2) is 5.73. The number of anilines is 2. The van der Waals surface area contributed by atoms with E-state index in [9.17, 15) is 9.18 Å². The molecule has 20 heavy (non-hydrogen) atoms. The highest BCUT2D eigenvalue weighted by molar-refractivity contribution is 5.47. The zero-order valence-corrected chi connectivity index (χ0v) is 11.5.